The van der Waals surface area contributed by atoms with Crippen LogP contribution in [0.15, 0.2) is 79.1 Å². The molecule has 5 aromatic rings. The third-order valence-electron chi connectivity index (χ3n) is 6.82. The highest BCUT2D eigenvalue weighted by atomic mass is 19.4. The number of hydrogen-bond acceptors (Lipinski definition) is 8. The van der Waals surface area contributed by atoms with Crippen LogP contribution in [0.3, 0.4) is 0 Å². The molecule has 0 saturated heterocycles. The van der Waals surface area contributed by atoms with Crippen LogP contribution in [0.4, 0.5) is 45.2 Å². The molecule has 0 aliphatic heterocycles. The molecular weight excluding hydrogens is 644 g/mol. The second-order valence-electron chi connectivity index (χ2n) is 12.3. The van der Waals surface area contributed by atoms with Crippen LogP contribution in [0.1, 0.15) is 62.2 Å². The van der Waals surface area contributed by atoms with Crippen LogP contribution in [0.2, 0.25) is 0 Å². The van der Waals surface area contributed by atoms with Gasteiger partial charge >= 0.3 is 12.3 Å². The van der Waals surface area contributed by atoms with Gasteiger partial charge in [0.25, 0.3) is 5.91 Å². The number of carbonyl (C=O) groups is 2. The first-order valence-electron chi connectivity index (χ1n) is 15.0. The normalized spacial score (nSPS) is 11.7. The molecule has 3 N–H and O–H groups in total. The standard InChI is InChI=1S/C35H32F4N6O4/c1-19(2)27-12-11-26-30(44-27)40-18-41-31(26)45-28-17-24(42-32(46)20-14-21(35(37,38)39)16-22(36)15-20)8-13-29(28)48-25-9-6-23(7-10-25)43-33(47)49-34(3,4)5/h6-19H,1-5H3,(H,42,46)(H,43,47)(H,40,41,44,45). The van der Waals surface area contributed by atoms with E-state index in [-0.39, 0.29) is 17.4 Å². The summed E-state index contributed by atoms with van der Waals surface area (Å²) >= 11 is 0. The van der Waals surface area contributed by atoms with Crippen LogP contribution in [-0.4, -0.2) is 32.6 Å². The van der Waals surface area contributed by atoms with Crippen molar-refractivity contribution in [3.8, 4) is 11.5 Å². The molecule has 0 spiro atoms. The Kier molecular flexibility index (Phi) is 9.69. The average molecular weight is 677 g/mol. The Labute approximate surface area is 278 Å². The molecule has 3 aromatic carbocycles. The molecule has 0 saturated carbocycles. The number of rotatable bonds is 8. The molecule has 254 valence electrons. The summed E-state index contributed by atoms with van der Waals surface area (Å²) in [6.07, 6.45) is -4.13. The van der Waals surface area contributed by atoms with E-state index in [2.05, 4.69) is 30.9 Å². The quantitative estimate of drug-likeness (QED) is 0.139. The molecule has 0 aliphatic carbocycles. The number of benzene rings is 3. The average Bonchev–Trinajstić information content (AvgIpc) is 3.01. The number of hydrogen-bond donors (Lipinski definition) is 3. The number of nitrogens with zero attached hydrogens (tertiary/aromatic N) is 3. The first-order chi connectivity index (χ1) is 23.0. The predicted molar refractivity (Wildman–Crippen MR) is 177 cm³/mol. The molecule has 2 amide bonds. The third-order valence-corrected chi connectivity index (χ3v) is 6.82. The number of amides is 2. The van der Waals surface area contributed by atoms with E-state index in [1.165, 1.54) is 24.5 Å². The van der Waals surface area contributed by atoms with Crippen molar-refractivity contribution in [1.29, 1.82) is 0 Å². The van der Waals surface area contributed by atoms with E-state index >= 15 is 0 Å². The van der Waals surface area contributed by atoms with Gasteiger partial charge in [-0.3, -0.25) is 10.1 Å². The van der Waals surface area contributed by atoms with Crippen LogP contribution in [0, 0.1) is 5.82 Å². The van der Waals surface area contributed by atoms with E-state index in [0.29, 0.717) is 52.2 Å². The van der Waals surface area contributed by atoms with Crippen LogP contribution >= 0.6 is 0 Å². The first-order valence-corrected chi connectivity index (χ1v) is 15.0. The summed E-state index contributed by atoms with van der Waals surface area (Å²) < 4.78 is 65.3. The molecule has 0 atom stereocenters. The van der Waals surface area contributed by atoms with Gasteiger partial charge in [-0.15, -0.1) is 0 Å². The summed E-state index contributed by atoms with van der Waals surface area (Å²) in [6.45, 7) is 9.26. The van der Waals surface area contributed by atoms with Crippen molar-refractivity contribution < 1.29 is 36.6 Å². The molecule has 0 aliphatic rings. The van der Waals surface area contributed by atoms with Crippen molar-refractivity contribution in [2.45, 2.75) is 52.3 Å². The number of nitrogens with one attached hydrogen (secondary N) is 3. The van der Waals surface area contributed by atoms with Gasteiger partial charge in [-0.1, -0.05) is 13.8 Å². The minimum atomic E-state index is -4.84. The van der Waals surface area contributed by atoms with E-state index in [4.69, 9.17) is 9.47 Å². The Morgan fingerprint density at radius 2 is 1.55 bits per heavy atom. The van der Waals surface area contributed by atoms with Gasteiger partial charge in [0.2, 0.25) is 0 Å². The Morgan fingerprint density at radius 3 is 2.22 bits per heavy atom. The molecule has 0 radical (unpaired) electrons. The minimum Gasteiger partial charge on any atom is -0.455 e. The zero-order chi connectivity index (χ0) is 35.5. The largest absolute Gasteiger partial charge is 0.455 e. The number of carbonyl (C=O) groups excluding carboxylic acids is 2. The Balaban J connectivity index is 1.46. The van der Waals surface area contributed by atoms with Crippen LogP contribution < -0.4 is 20.7 Å². The van der Waals surface area contributed by atoms with Crippen molar-refractivity contribution in [3.05, 3.63) is 102 Å². The van der Waals surface area contributed by atoms with E-state index < -0.39 is 40.7 Å². The fraction of sp³-hybridized carbons (Fsp3) is 0.229. The molecule has 5 rings (SSSR count). The minimum absolute atomic E-state index is 0.159. The zero-order valence-corrected chi connectivity index (χ0v) is 27.1. The van der Waals surface area contributed by atoms with Crippen molar-refractivity contribution in [2.75, 3.05) is 16.0 Å². The van der Waals surface area contributed by atoms with Crippen molar-refractivity contribution in [1.82, 2.24) is 15.0 Å². The van der Waals surface area contributed by atoms with Crippen LogP contribution in [0.5, 0.6) is 11.5 Å². The van der Waals surface area contributed by atoms with Gasteiger partial charge in [0, 0.05) is 22.6 Å². The van der Waals surface area contributed by atoms with Gasteiger partial charge in [-0.2, -0.15) is 13.2 Å². The van der Waals surface area contributed by atoms with E-state index in [9.17, 15) is 27.2 Å². The lowest BCUT2D eigenvalue weighted by Crippen LogP contribution is -2.27. The maximum absolute atomic E-state index is 14.0. The number of anilines is 4. The maximum Gasteiger partial charge on any atom is 0.416 e. The molecule has 14 heteroatoms. The second kappa shape index (κ2) is 13.7. The van der Waals surface area contributed by atoms with Gasteiger partial charge in [0.1, 0.15) is 29.3 Å². The monoisotopic (exact) mass is 676 g/mol. The lowest BCUT2D eigenvalue weighted by Gasteiger charge is -2.19. The molecule has 0 bridgehead atoms. The van der Waals surface area contributed by atoms with Crippen molar-refractivity contribution in [2.24, 2.45) is 0 Å². The maximum atomic E-state index is 14.0. The smallest absolute Gasteiger partial charge is 0.416 e. The number of ether oxygens (including phenoxy) is 2. The van der Waals surface area contributed by atoms with Gasteiger partial charge in [0.15, 0.2) is 11.4 Å². The molecule has 0 fully saturated rings. The summed E-state index contributed by atoms with van der Waals surface area (Å²) in [4.78, 5) is 38.4. The first kappa shape index (κ1) is 34.5. The van der Waals surface area contributed by atoms with E-state index in [1.54, 1.807) is 45.0 Å². The van der Waals surface area contributed by atoms with Gasteiger partial charge < -0.3 is 20.1 Å². The molecule has 2 heterocycles. The summed E-state index contributed by atoms with van der Waals surface area (Å²) in [5.41, 5.74) is -0.281. The number of aromatic nitrogens is 3. The zero-order valence-electron chi connectivity index (χ0n) is 27.1. The van der Waals surface area contributed by atoms with Crippen LogP contribution in [0.25, 0.3) is 11.0 Å². The SMILES string of the molecule is CC(C)c1ccc2c(Nc3cc(NC(=O)c4cc(F)cc(C(F)(F)F)c4)ccc3Oc3ccc(NC(=O)OC(C)(C)C)cc3)ncnc2n1. The van der Waals surface area contributed by atoms with E-state index in [0.717, 1.165) is 5.69 Å². The number of alkyl halides is 3. The molecule has 0 unspecified atom stereocenters. The fourth-order valence-electron chi connectivity index (χ4n) is 4.54. The highest BCUT2D eigenvalue weighted by Gasteiger charge is 2.32. The van der Waals surface area contributed by atoms with Crippen molar-refractivity contribution in [3.63, 3.8) is 0 Å². The molecule has 10 nitrogen and oxygen atoms in total. The fourth-order valence-corrected chi connectivity index (χ4v) is 4.54. The van der Waals surface area contributed by atoms with Crippen molar-refractivity contribution >= 4 is 45.9 Å². The molecule has 2 aromatic heterocycles. The van der Waals surface area contributed by atoms with E-state index in [1.807, 2.05) is 26.0 Å². The van der Waals surface area contributed by atoms with Gasteiger partial charge in [-0.25, -0.2) is 24.1 Å². The Bertz CT molecular complexity index is 2010. The number of fused-ring (bicyclic) bond motifs is 1. The Hall–Kier alpha value is -5.79. The summed E-state index contributed by atoms with van der Waals surface area (Å²) in [7, 11) is 0. The number of pyridine rings is 1. The van der Waals surface area contributed by atoms with Gasteiger partial charge in [-0.05, 0) is 99.5 Å². The molecule has 49 heavy (non-hydrogen) atoms. The highest BCUT2D eigenvalue weighted by Crippen LogP contribution is 2.36. The summed E-state index contributed by atoms with van der Waals surface area (Å²) in [6, 6.07) is 16.2. The third kappa shape index (κ3) is 8.97. The summed E-state index contributed by atoms with van der Waals surface area (Å²) in [5.74, 6) is -0.997. The predicted octanol–water partition coefficient (Wildman–Crippen LogP) is 9.44. The second-order valence-corrected chi connectivity index (χ2v) is 12.3. The molecular formula is C35H32F4N6O4. The lowest BCUT2D eigenvalue weighted by molar-refractivity contribution is -0.137. The summed E-state index contributed by atoms with van der Waals surface area (Å²) in [5, 5.41) is 8.93. The van der Waals surface area contributed by atoms with Crippen LogP contribution in [-0.2, 0) is 10.9 Å². The van der Waals surface area contributed by atoms with Gasteiger partial charge in [0.05, 0.1) is 16.6 Å². The topological polar surface area (TPSA) is 127 Å². The highest BCUT2D eigenvalue weighted by molar-refractivity contribution is 6.05. The Morgan fingerprint density at radius 1 is 0.837 bits per heavy atom. The number of halogens is 4. The lowest BCUT2D eigenvalue weighted by atomic mass is 10.1.